The summed E-state index contributed by atoms with van der Waals surface area (Å²) in [5, 5.41) is 6.11. The monoisotopic (exact) mass is 298 g/mol. The second kappa shape index (κ2) is 8.12. The maximum Gasteiger partial charge on any atom is 0.223 e. The third-order valence-electron chi connectivity index (χ3n) is 3.62. The number of halogens is 1. The maximum absolute atomic E-state index is 11.8. The number of carbonyl (C=O) groups is 1. The van der Waals surface area contributed by atoms with Crippen LogP contribution in [0.5, 0.6) is 5.75 Å². The molecule has 20 heavy (non-hydrogen) atoms. The van der Waals surface area contributed by atoms with Crippen molar-refractivity contribution in [3.8, 4) is 5.75 Å². The Morgan fingerprint density at radius 1 is 1.40 bits per heavy atom. The van der Waals surface area contributed by atoms with Crippen LogP contribution in [0.4, 0.5) is 0 Å². The van der Waals surface area contributed by atoms with Gasteiger partial charge in [0.2, 0.25) is 5.91 Å². The molecule has 1 saturated heterocycles. The molecule has 1 aromatic carbocycles. The fourth-order valence-corrected chi connectivity index (χ4v) is 2.02. The minimum atomic E-state index is 0. The highest BCUT2D eigenvalue weighted by atomic mass is 35.5. The highest BCUT2D eigenvalue weighted by molar-refractivity contribution is 5.85. The number of nitrogens with one attached hydrogen (secondary N) is 2. The van der Waals surface area contributed by atoms with Crippen LogP contribution in [0.25, 0.3) is 0 Å². The predicted molar refractivity (Wildman–Crippen MR) is 82.5 cm³/mol. The molecule has 0 spiro atoms. The Hall–Kier alpha value is -1.26. The van der Waals surface area contributed by atoms with E-state index in [4.69, 9.17) is 4.74 Å². The van der Waals surface area contributed by atoms with Crippen LogP contribution in [-0.2, 0) is 4.79 Å². The molecule has 1 heterocycles. The van der Waals surface area contributed by atoms with E-state index < -0.39 is 0 Å². The lowest BCUT2D eigenvalue weighted by atomic mass is 9.88. The molecule has 1 aromatic rings. The van der Waals surface area contributed by atoms with Crippen LogP contribution in [0.1, 0.15) is 12.5 Å². The van der Waals surface area contributed by atoms with Gasteiger partial charge in [-0.1, -0.05) is 24.6 Å². The summed E-state index contributed by atoms with van der Waals surface area (Å²) in [5.74, 6) is 1.54. The van der Waals surface area contributed by atoms with Crippen molar-refractivity contribution in [1.29, 1.82) is 0 Å². The smallest absolute Gasteiger partial charge is 0.223 e. The van der Waals surface area contributed by atoms with Gasteiger partial charge < -0.3 is 15.4 Å². The number of carbonyl (C=O) groups excluding carboxylic acids is 1. The Balaban J connectivity index is 0.00000200. The molecule has 1 amide bonds. The van der Waals surface area contributed by atoms with E-state index in [1.807, 2.05) is 38.1 Å². The van der Waals surface area contributed by atoms with E-state index in [0.29, 0.717) is 19.1 Å². The second-order valence-corrected chi connectivity index (χ2v) is 5.16. The first-order valence-corrected chi connectivity index (χ1v) is 6.84. The van der Waals surface area contributed by atoms with Crippen LogP contribution in [-0.4, -0.2) is 32.1 Å². The van der Waals surface area contributed by atoms with E-state index in [-0.39, 0.29) is 24.2 Å². The van der Waals surface area contributed by atoms with Crippen molar-refractivity contribution in [2.45, 2.75) is 13.8 Å². The lowest BCUT2D eigenvalue weighted by Gasteiger charge is -2.31. The topological polar surface area (TPSA) is 50.4 Å². The van der Waals surface area contributed by atoms with E-state index in [0.717, 1.165) is 18.8 Å². The molecule has 0 saturated carbocycles. The maximum atomic E-state index is 11.8. The number of hydrogen-bond acceptors (Lipinski definition) is 3. The molecule has 1 unspecified atom stereocenters. The Bertz CT molecular complexity index is 418. The van der Waals surface area contributed by atoms with E-state index >= 15 is 0 Å². The standard InChI is InChI=1S/C15H22N2O2.ClH/c1-11-3-5-14(6-4-11)19-8-7-17-15(18)12(2)13-9-16-10-13;/h3-6,12-13,16H,7-10H2,1-2H3,(H,17,18);1H. The van der Waals surface area contributed by atoms with Gasteiger partial charge in [-0.05, 0) is 38.1 Å². The fourth-order valence-electron chi connectivity index (χ4n) is 2.02. The summed E-state index contributed by atoms with van der Waals surface area (Å²) in [4.78, 5) is 11.8. The van der Waals surface area contributed by atoms with Crippen LogP contribution < -0.4 is 15.4 Å². The first kappa shape index (κ1) is 16.8. The van der Waals surface area contributed by atoms with Crippen LogP contribution in [0, 0.1) is 18.8 Å². The third kappa shape index (κ3) is 4.69. The predicted octanol–water partition coefficient (Wildman–Crippen LogP) is 1.77. The van der Waals surface area contributed by atoms with Gasteiger partial charge in [0.05, 0.1) is 6.54 Å². The van der Waals surface area contributed by atoms with Crippen LogP contribution in [0.15, 0.2) is 24.3 Å². The average Bonchev–Trinajstić information content (AvgIpc) is 2.34. The van der Waals surface area contributed by atoms with E-state index in [1.54, 1.807) is 0 Å². The molecule has 1 atom stereocenters. The number of amides is 1. The summed E-state index contributed by atoms with van der Waals surface area (Å²) in [6.07, 6.45) is 0. The Kier molecular flexibility index (Phi) is 6.82. The Labute approximate surface area is 126 Å². The van der Waals surface area contributed by atoms with Gasteiger partial charge in [0.1, 0.15) is 12.4 Å². The van der Waals surface area contributed by atoms with E-state index in [2.05, 4.69) is 10.6 Å². The number of aryl methyl sites for hydroxylation is 1. The van der Waals surface area contributed by atoms with Crippen molar-refractivity contribution in [3.05, 3.63) is 29.8 Å². The molecule has 1 aliphatic rings. The van der Waals surface area contributed by atoms with Gasteiger partial charge in [0.25, 0.3) is 0 Å². The van der Waals surface area contributed by atoms with Crippen LogP contribution in [0.3, 0.4) is 0 Å². The highest BCUT2D eigenvalue weighted by Crippen LogP contribution is 2.15. The molecule has 0 aliphatic carbocycles. The number of benzene rings is 1. The van der Waals surface area contributed by atoms with Crippen molar-refractivity contribution in [2.24, 2.45) is 11.8 Å². The van der Waals surface area contributed by atoms with Gasteiger partial charge in [-0.3, -0.25) is 4.79 Å². The molecule has 0 radical (unpaired) electrons. The van der Waals surface area contributed by atoms with Gasteiger partial charge in [-0.25, -0.2) is 0 Å². The van der Waals surface area contributed by atoms with Gasteiger partial charge >= 0.3 is 0 Å². The van der Waals surface area contributed by atoms with Gasteiger partial charge in [-0.2, -0.15) is 0 Å². The lowest BCUT2D eigenvalue weighted by molar-refractivity contribution is -0.126. The van der Waals surface area contributed by atoms with Gasteiger partial charge in [-0.15, -0.1) is 12.4 Å². The molecule has 5 heteroatoms. The SMILES string of the molecule is Cc1ccc(OCCNC(=O)C(C)C2CNC2)cc1.Cl. The summed E-state index contributed by atoms with van der Waals surface area (Å²) >= 11 is 0. The summed E-state index contributed by atoms with van der Waals surface area (Å²) in [6.45, 7) is 6.99. The molecule has 2 N–H and O–H groups in total. The lowest BCUT2D eigenvalue weighted by Crippen LogP contribution is -2.49. The first-order chi connectivity index (χ1) is 9.16. The number of rotatable bonds is 6. The molecule has 1 fully saturated rings. The zero-order valence-corrected chi connectivity index (χ0v) is 12.8. The number of ether oxygens (including phenoxy) is 1. The van der Waals surface area contributed by atoms with Crippen molar-refractivity contribution in [1.82, 2.24) is 10.6 Å². The van der Waals surface area contributed by atoms with Crippen molar-refractivity contribution in [2.75, 3.05) is 26.2 Å². The Morgan fingerprint density at radius 3 is 2.60 bits per heavy atom. The Morgan fingerprint density at radius 2 is 2.05 bits per heavy atom. The zero-order chi connectivity index (χ0) is 13.7. The normalized spacial score (nSPS) is 15.7. The van der Waals surface area contributed by atoms with Gasteiger partial charge in [0, 0.05) is 5.92 Å². The molecule has 0 bridgehead atoms. The van der Waals surface area contributed by atoms with Crippen LogP contribution >= 0.6 is 12.4 Å². The zero-order valence-electron chi connectivity index (χ0n) is 12.0. The molecular formula is C15H23ClN2O2. The second-order valence-electron chi connectivity index (χ2n) is 5.16. The summed E-state index contributed by atoms with van der Waals surface area (Å²) in [7, 11) is 0. The quantitative estimate of drug-likeness (QED) is 0.787. The molecule has 1 aliphatic heterocycles. The fraction of sp³-hybridized carbons (Fsp3) is 0.533. The van der Waals surface area contributed by atoms with Crippen LogP contribution in [0.2, 0.25) is 0 Å². The molecule has 0 aromatic heterocycles. The summed E-state index contributed by atoms with van der Waals surface area (Å²) in [6, 6.07) is 7.92. The van der Waals surface area contributed by atoms with Crippen molar-refractivity contribution >= 4 is 18.3 Å². The van der Waals surface area contributed by atoms with Crippen molar-refractivity contribution < 1.29 is 9.53 Å². The van der Waals surface area contributed by atoms with E-state index in [1.165, 1.54) is 5.56 Å². The van der Waals surface area contributed by atoms with Crippen molar-refractivity contribution in [3.63, 3.8) is 0 Å². The number of hydrogen-bond donors (Lipinski definition) is 2. The largest absolute Gasteiger partial charge is 0.492 e. The minimum Gasteiger partial charge on any atom is -0.492 e. The molecule has 4 nitrogen and oxygen atoms in total. The highest BCUT2D eigenvalue weighted by Gasteiger charge is 2.28. The molecule has 112 valence electrons. The summed E-state index contributed by atoms with van der Waals surface area (Å²) < 4.78 is 5.56. The van der Waals surface area contributed by atoms with E-state index in [9.17, 15) is 4.79 Å². The minimum absolute atomic E-state index is 0. The molecule has 2 rings (SSSR count). The summed E-state index contributed by atoms with van der Waals surface area (Å²) in [5.41, 5.74) is 1.21. The van der Waals surface area contributed by atoms with Gasteiger partial charge in [0.15, 0.2) is 0 Å². The average molecular weight is 299 g/mol. The first-order valence-electron chi connectivity index (χ1n) is 6.84. The molecular weight excluding hydrogens is 276 g/mol. The third-order valence-corrected chi connectivity index (χ3v) is 3.62.